The Balaban J connectivity index is 1.62. The van der Waals surface area contributed by atoms with Gasteiger partial charge < -0.3 is 14.7 Å². The largest absolute Gasteiger partial charge is 0.463 e. The van der Waals surface area contributed by atoms with Crippen LogP contribution in [0.1, 0.15) is 33.3 Å². The van der Waals surface area contributed by atoms with Gasteiger partial charge in [0.05, 0.1) is 11.8 Å². The van der Waals surface area contributed by atoms with Crippen LogP contribution in [0.5, 0.6) is 0 Å². The maximum absolute atomic E-state index is 13.7. The van der Waals surface area contributed by atoms with Crippen molar-refractivity contribution < 1.29 is 14.0 Å². The van der Waals surface area contributed by atoms with E-state index in [1.54, 1.807) is 24.6 Å². The first-order valence-electron chi connectivity index (χ1n) is 11.3. The Kier molecular flexibility index (Phi) is 7.38. The van der Waals surface area contributed by atoms with Crippen molar-refractivity contribution in [1.82, 2.24) is 10.3 Å². The number of hydrogen-bond acceptors (Lipinski definition) is 3. The molecular formula is C30H26N2O3. The summed E-state index contributed by atoms with van der Waals surface area (Å²) in [6.45, 7) is 5.94. The minimum Gasteiger partial charge on any atom is -0.463 e. The number of amides is 1. The third-order valence-corrected chi connectivity index (χ3v) is 5.48. The minimum absolute atomic E-state index is 0.225. The molecule has 174 valence electrons. The number of nitrogens with one attached hydrogen (secondary N) is 2. The van der Waals surface area contributed by atoms with Gasteiger partial charge in [0, 0.05) is 29.4 Å². The van der Waals surface area contributed by atoms with E-state index in [1.165, 1.54) is 0 Å². The molecule has 0 radical (unpaired) electrons. The molecule has 0 spiro atoms. The first kappa shape index (κ1) is 23.5. The predicted molar refractivity (Wildman–Crippen MR) is 139 cm³/mol. The molecular weight excluding hydrogens is 436 g/mol. The molecule has 0 unspecified atom stereocenters. The highest BCUT2D eigenvalue weighted by atomic mass is 16.3. The molecule has 0 aliphatic heterocycles. The zero-order chi connectivity index (χ0) is 24.6. The van der Waals surface area contributed by atoms with Crippen LogP contribution in [-0.4, -0.2) is 23.2 Å². The summed E-state index contributed by atoms with van der Waals surface area (Å²) >= 11 is 0. The summed E-state index contributed by atoms with van der Waals surface area (Å²) in [5, 5.41) is 2.86. The molecule has 0 bridgehead atoms. The standard InChI is InChI=1S/C30H26N2O3/c1-3-4-7-12-21(2)18-32-30(34)26-17-24(19-31-26)28(33)27-25(22-13-8-5-9-14-22)20-35-29(27)23-15-10-6-11-16-23/h3-17,19-20,31H,1,18H2,2H3,(H,32,34)/b7-4-,21-12+. The Labute approximate surface area is 204 Å². The second-order valence-corrected chi connectivity index (χ2v) is 8.03. The van der Waals surface area contributed by atoms with Crippen LogP contribution in [0.4, 0.5) is 0 Å². The topological polar surface area (TPSA) is 75.1 Å². The van der Waals surface area contributed by atoms with E-state index in [-0.39, 0.29) is 11.7 Å². The highest BCUT2D eigenvalue weighted by Gasteiger charge is 2.25. The molecule has 1 amide bonds. The first-order valence-corrected chi connectivity index (χ1v) is 11.3. The summed E-state index contributed by atoms with van der Waals surface area (Å²) in [4.78, 5) is 29.3. The molecule has 2 aromatic carbocycles. The summed E-state index contributed by atoms with van der Waals surface area (Å²) in [7, 11) is 0. The van der Waals surface area contributed by atoms with Crippen LogP contribution in [0.3, 0.4) is 0 Å². The van der Waals surface area contributed by atoms with E-state index in [9.17, 15) is 9.59 Å². The van der Waals surface area contributed by atoms with Gasteiger partial charge in [-0.05, 0) is 18.6 Å². The van der Waals surface area contributed by atoms with Crippen molar-refractivity contribution in [2.45, 2.75) is 6.92 Å². The van der Waals surface area contributed by atoms with E-state index in [4.69, 9.17) is 4.42 Å². The van der Waals surface area contributed by atoms with Crippen LogP contribution >= 0.6 is 0 Å². The fraction of sp³-hybridized carbons (Fsp3) is 0.0667. The van der Waals surface area contributed by atoms with Gasteiger partial charge in [-0.15, -0.1) is 0 Å². The van der Waals surface area contributed by atoms with Gasteiger partial charge in [-0.2, -0.15) is 0 Å². The number of carbonyl (C=O) groups excluding carboxylic acids is 2. The van der Waals surface area contributed by atoms with Gasteiger partial charge >= 0.3 is 0 Å². The van der Waals surface area contributed by atoms with Crippen LogP contribution in [0.15, 0.2) is 120 Å². The van der Waals surface area contributed by atoms with Gasteiger partial charge in [-0.1, -0.05) is 97.1 Å². The molecule has 5 heteroatoms. The number of aromatic nitrogens is 1. The van der Waals surface area contributed by atoms with Crippen molar-refractivity contribution in [2.24, 2.45) is 0 Å². The Morgan fingerprint density at radius 3 is 2.37 bits per heavy atom. The normalized spacial score (nSPS) is 11.5. The summed E-state index contributed by atoms with van der Waals surface area (Å²) in [6, 6.07) is 20.7. The van der Waals surface area contributed by atoms with Crippen molar-refractivity contribution in [3.63, 3.8) is 0 Å². The van der Waals surface area contributed by atoms with Gasteiger partial charge in [-0.3, -0.25) is 9.59 Å². The summed E-state index contributed by atoms with van der Waals surface area (Å²) in [5.41, 5.74) is 4.53. The Hall–Kier alpha value is -4.64. The van der Waals surface area contributed by atoms with Gasteiger partial charge in [0.2, 0.25) is 0 Å². The van der Waals surface area contributed by atoms with Crippen molar-refractivity contribution in [3.05, 3.63) is 132 Å². The van der Waals surface area contributed by atoms with Crippen molar-refractivity contribution in [3.8, 4) is 22.5 Å². The maximum atomic E-state index is 13.7. The number of rotatable bonds is 9. The second kappa shape index (κ2) is 11.0. The highest BCUT2D eigenvalue weighted by Crippen LogP contribution is 2.36. The van der Waals surface area contributed by atoms with Crippen molar-refractivity contribution >= 4 is 11.7 Å². The molecule has 5 nitrogen and oxygen atoms in total. The minimum atomic E-state index is -0.289. The lowest BCUT2D eigenvalue weighted by molar-refractivity contribution is 0.0952. The van der Waals surface area contributed by atoms with Crippen LogP contribution in [0, 0.1) is 0 Å². The molecule has 0 saturated carbocycles. The number of H-pyrrole nitrogens is 1. The lowest BCUT2D eigenvalue weighted by atomic mass is 9.94. The molecule has 0 atom stereocenters. The van der Waals surface area contributed by atoms with E-state index < -0.39 is 0 Å². The third kappa shape index (κ3) is 5.47. The number of furan rings is 1. The number of aromatic amines is 1. The van der Waals surface area contributed by atoms with Crippen LogP contribution in [0.2, 0.25) is 0 Å². The SMILES string of the molecule is C=C/C=C\C=C(/C)CNC(=O)c1cc(C(=O)c2c(-c3ccccc3)coc2-c2ccccc2)c[nH]1. The predicted octanol–water partition coefficient (Wildman–Crippen LogP) is 6.59. The molecule has 0 fully saturated rings. The van der Waals surface area contributed by atoms with Crippen LogP contribution in [0.25, 0.3) is 22.5 Å². The monoisotopic (exact) mass is 462 g/mol. The second-order valence-electron chi connectivity index (χ2n) is 8.03. The van der Waals surface area contributed by atoms with Crippen molar-refractivity contribution in [1.29, 1.82) is 0 Å². The number of hydrogen-bond donors (Lipinski definition) is 2. The zero-order valence-corrected chi connectivity index (χ0v) is 19.5. The quantitative estimate of drug-likeness (QED) is 0.218. The number of benzene rings is 2. The van der Waals surface area contributed by atoms with E-state index in [1.807, 2.05) is 85.8 Å². The Morgan fingerprint density at radius 2 is 1.69 bits per heavy atom. The molecule has 0 aliphatic carbocycles. The fourth-order valence-electron chi connectivity index (χ4n) is 3.69. The van der Waals surface area contributed by atoms with E-state index in [0.29, 0.717) is 34.7 Å². The zero-order valence-electron chi connectivity index (χ0n) is 19.5. The first-order chi connectivity index (χ1) is 17.1. The Morgan fingerprint density at radius 1 is 1.00 bits per heavy atom. The molecule has 2 N–H and O–H groups in total. The summed E-state index contributed by atoms with van der Waals surface area (Å²) in [6.07, 6.45) is 10.4. The number of allylic oxidation sites excluding steroid dienone is 4. The van der Waals surface area contributed by atoms with Gasteiger partial charge in [0.1, 0.15) is 11.5 Å². The molecule has 0 saturated heterocycles. The van der Waals surface area contributed by atoms with E-state index in [0.717, 1.165) is 16.7 Å². The number of ketones is 1. The lowest BCUT2D eigenvalue weighted by Gasteiger charge is -2.05. The molecule has 0 aliphatic rings. The molecule has 4 aromatic rings. The maximum Gasteiger partial charge on any atom is 0.267 e. The van der Waals surface area contributed by atoms with Crippen molar-refractivity contribution in [2.75, 3.05) is 6.54 Å². The molecule has 35 heavy (non-hydrogen) atoms. The van der Waals surface area contributed by atoms with Crippen LogP contribution in [-0.2, 0) is 0 Å². The molecule has 4 rings (SSSR count). The lowest BCUT2D eigenvalue weighted by Crippen LogP contribution is -2.25. The van der Waals surface area contributed by atoms with Gasteiger partial charge in [-0.25, -0.2) is 0 Å². The Bertz CT molecular complexity index is 1330. The van der Waals surface area contributed by atoms with E-state index in [2.05, 4.69) is 16.9 Å². The summed E-state index contributed by atoms with van der Waals surface area (Å²) in [5.74, 6) is -0.0179. The van der Waals surface area contributed by atoms with Gasteiger partial charge in [0.15, 0.2) is 5.78 Å². The smallest absolute Gasteiger partial charge is 0.267 e. The van der Waals surface area contributed by atoms with Gasteiger partial charge in [0.25, 0.3) is 5.91 Å². The third-order valence-electron chi connectivity index (χ3n) is 5.48. The van der Waals surface area contributed by atoms with Crippen LogP contribution < -0.4 is 5.32 Å². The van der Waals surface area contributed by atoms with E-state index >= 15 is 0 Å². The molecule has 2 heterocycles. The molecule has 2 aromatic heterocycles. The summed E-state index contributed by atoms with van der Waals surface area (Å²) < 4.78 is 5.91. The average molecular weight is 463 g/mol. The number of carbonyl (C=O) groups is 2. The fourth-order valence-corrected chi connectivity index (χ4v) is 3.69. The average Bonchev–Trinajstić information content (AvgIpc) is 3.56. The highest BCUT2D eigenvalue weighted by molar-refractivity contribution is 6.16.